The maximum absolute atomic E-state index is 11.4. The third kappa shape index (κ3) is 2.04. The maximum atomic E-state index is 11.4. The Morgan fingerprint density at radius 2 is 2.14 bits per heavy atom. The van der Waals surface area contributed by atoms with E-state index in [4.69, 9.17) is 5.11 Å². The molecule has 0 saturated carbocycles. The Balaban J connectivity index is 3.18. The van der Waals surface area contributed by atoms with Gasteiger partial charge >= 0.3 is 10.8 Å². The Labute approximate surface area is 85.8 Å². The van der Waals surface area contributed by atoms with Gasteiger partial charge < -0.3 is 9.67 Å². The van der Waals surface area contributed by atoms with E-state index in [0.29, 0.717) is 18.2 Å². The van der Waals surface area contributed by atoms with E-state index >= 15 is 0 Å². The van der Waals surface area contributed by atoms with Crippen LogP contribution in [0.4, 0.5) is 0 Å². The fraction of sp³-hybridized carbons (Fsp3) is 0.556. The number of nitrogens with zero attached hydrogens (tertiary/aromatic N) is 1. The van der Waals surface area contributed by atoms with Crippen molar-refractivity contribution < 1.29 is 9.90 Å². The minimum absolute atomic E-state index is 0.149. The summed E-state index contributed by atoms with van der Waals surface area (Å²) in [6.45, 7) is 6.23. The van der Waals surface area contributed by atoms with Crippen LogP contribution in [0.3, 0.4) is 0 Å². The predicted octanol–water partition coefficient (Wildman–Crippen LogP) is 1.57. The fourth-order valence-electron chi connectivity index (χ4n) is 1.25. The van der Waals surface area contributed by atoms with Crippen LogP contribution in [0, 0.1) is 12.8 Å². The SMILES string of the molecule is Cc1c(C(=O)O)sc(=O)n1CC(C)C. The number of carboxylic acid groups (broad SMARTS) is 1. The zero-order valence-corrected chi connectivity index (χ0v) is 9.22. The Bertz CT molecular complexity index is 403. The first-order valence-electron chi connectivity index (χ1n) is 4.37. The molecule has 0 saturated heterocycles. The number of carbonyl (C=O) groups is 1. The van der Waals surface area contributed by atoms with Crippen LogP contribution in [-0.2, 0) is 6.54 Å². The van der Waals surface area contributed by atoms with Crippen LogP contribution < -0.4 is 4.87 Å². The van der Waals surface area contributed by atoms with Crippen molar-refractivity contribution in [1.82, 2.24) is 4.57 Å². The number of thiazole rings is 1. The van der Waals surface area contributed by atoms with Crippen molar-refractivity contribution in [3.05, 3.63) is 20.2 Å². The van der Waals surface area contributed by atoms with Gasteiger partial charge in [0, 0.05) is 12.2 Å². The lowest BCUT2D eigenvalue weighted by Crippen LogP contribution is -2.17. The number of hydrogen-bond donors (Lipinski definition) is 1. The molecule has 0 amide bonds. The van der Waals surface area contributed by atoms with E-state index in [1.165, 1.54) is 4.57 Å². The zero-order valence-electron chi connectivity index (χ0n) is 8.40. The van der Waals surface area contributed by atoms with Crippen LogP contribution in [0.5, 0.6) is 0 Å². The van der Waals surface area contributed by atoms with Gasteiger partial charge in [0.2, 0.25) is 0 Å². The van der Waals surface area contributed by atoms with Crippen LogP contribution >= 0.6 is 11.3 Å². The van der Waals surface area contributed by atoms with E-state index in [2.05, 4.69) is 0 Å². The molecule has 1 rings (SSSR count). The van der Waals surface area contributed by atoms with Gasteiger partial charge in [0.05, 0.1) is 0 Å². The van der Waals surface area contributed by atoms with Gasteiger partial charge in [0.15, 0.2) is 0 Å². The van der Waals surface area contributed by atoms with E-state index < -0.39 is 5.97 Å². The molecule has 0 radical (unpaired) electrons. The summed E-state index contributed by atoms with van der Waals surface area (Å²) < 4.78 is 1.53. The normalized spacial score (nSPS) is 10.9. The second kappa shape index (κ2) is 3.96. The monoisotopic (exact) mass is 215 g/mol. The summed E-state index contributed by atoms with van der Waals surface area (Å²) in [5.41, 5.74) is 0.557. The number of aromatic carboxylic acids is 1. The predicted molar refractivity (Wildman–Crippen MR) is 55.1 cm³/mol. The first-order valence-corrected chi connectivity index (χ1v) is 5.18. The summed E-state index contributed by atoms with van der Waals surface area (Å²) in [6, 6.07) is 0. The van der Waals surface area contributed by atoms with Gasteiger partial charge in [-0.05, 0) is 12.8 Å². The average Bonchev–Trinajstić information content (AvgIpc) is 2.31. The molecule has 0 aliphatic rings. The van der Waals surface area contributed by atoms with Crippen LogP contribution in [0.1, 0.15) is 29.2 Å². The summed E-state index contributed by atoms with van der Waals surface area (Å²) in [7, 11) is 0. The highest BCUT2D eigenvalue weighted by atomic mass is 32.1. The van der Waals surface area contributed by atoms with Gasteiger partial charge in [0.1, 0.15) is 4.88 Å². The Kier molecular flexibility index (Phi) is 3.10. The van der Waals surface area contributed by atoms with Crippen LogP contribution in [0.25, 0.3) is 0 Å². The number of aromatic nitrogens is 1. The molecule has 1 aromatic heterocycles. The van der Waals surface area contributed by atoms with E-state index in [1.807, 2.05) is 13.8 Å². The Hall–Kier alpha value is -1.10. The van der Waals surface area contributed by atoms with E-state index in [1.54, 1.807) is 6.92 Å². The summed E-state index contributed by atoms with van der Waals surface area (Å²) in [6.07, 6.45) is 0. The highest BCUT2D eigenvalue weighted by Crippen LogP contribution is 2.12. The molecule has 0 unspecified atom stereocenters. The molecule has 14 heavy (non-hydrogen) atoms. The fourth-order valence-corrected chi connectivity index (χ4v) is 2.09. The van der Waals surface area contributed by atoms with Gasteiger partial charge in [-0.15, -0.1) is 0 Å². The first-order chi connectivity index (χ1) is 6.43. The Morgan fingerprint density at radius 3 is 2.50 bits per heavy atom. The van der Waals surface area contributed by atoms with Gasteiger partial charge in [-0.3, -0.25) is 4.79 Å². The first kappa shape index (κ1) is 11.0. The smallest absolute Gasteiger partial charge is 0.347 e. The standard InChI is InChI=1S/C9H13NO3S/c1-5(2)4-10-6(3)7(8(11)12)14-9(10)13/h5H,4H2,1-3H3,(H,11,12). The lowest BCUT2D eigenvalue weighted by Gasteiger charge is -2.06. The van der Waals surface area contributed by atoms with Crippen molar-refractivity contribution >= 4 is 17.3 Å². The minimum atomic E-state index is -1.02. The highest BCUT2D eigenvalue weighted by molar-refractivity contribution is 7.11. The molecule has 1 N–H and O–H groups in total. The second-order valence-electron chi connectivity index (χ2n) is 3.59. The molecule has 0 atom stereocenters. The molecule has 78 valence electrons. The number of hydrogen-bond acceptors (Lipinski definition) is 3. The molecule has 4 nitrogen and oxygen atoms in total. The van der Waals surface area contributed by atoms with Crippen molar-refractivity contribution in [2.75, 3.05) is 0 Å². The summed E-state index contributed by atoms with van der Waals surface area (Å²) in [5.74, 6) is -0.685. The molecule has 1 aromatic rings. The highest BCUT2D eigenvalue weighted by Gasteiger charge is 2.16. The third-order valence-electron chi connectivity index (χ3n) is 1.89. The number of rotatable bonds is 3. The molecule has 0 fully saturated rings. The second-order valence-corrected chi connectivity index (χ2v) is 4.55. The zero-order chi connectivity index (χ0) is 10.9. The maximum Gasteiger partial charge on any atom is 0.347 e. The number of carboxylic acids is 1. The van der Waals surface area contributed by atoms with E-state index in [0.717, 1.165) is 11.3 Å². The van der Waals surface area contributed by atoms with Crippen molar-refractivity contribution in [3.8, 4) is 0 Å². The molecule has 0 spiro atoms. The van der Waals surface area contributed by atoms with Crippen molar-refractivity contribution in [3.63, 3.8) is 0 Å². The Morgan fingerprint density at radius 1 is 1.57 bits per heavy atom. The molecule has 5 heteroatoms. The van der Waals surface area contributed by atoms with Gasteiger partial charge in [-0.1, -0.05) is 25.2 Å². The molecule has 0 aromatic carbocycles. The average molecular weight is 215 g/mol. The molecule has 0 bridgehead atoms. The molecular weight excluding hydrogens is 202 g/mol. The summed E-state index contributed by atoms with van der Waals surface area (Å²) in [5, 5.41) is 8.80. The van der Waals surface area contributed by atoms with Crippen molar-refractivity contribution in [2.45, 2.75) is 27.3 Å². The van der Waals surface area contributed by atoms with Gasteiger partial charge in [0.25, 0.3) is 0 Å². The lowest BCUT2D eigenvalue weighted by molar-refractivity contribution is 0.0700. The third-order valence-corrected chi connectivity index (χ3v) is 2.95. The largest absolute Gasteiger partial charge is 0.477 e. The molecule has 1 heterocycles. The quantitative estimate of drug-likeness (QED) is 0.832. The van der Waals surface area contributed by atoms with Crippen molar-refractivity contribution in [2.24, 2.45) is 5.92 Å². The van der Waals surface area contributed by atoms with Gasteiger partial charge in [-0.25, -0.2) is 4.79 Å². The molecule has 0 aliphatic carbocycles. The van der Waals surface area contributed by atoms with E-state index in [-0.39, 0.29) is 9.75 Å². The summed E-state index contributed by atoms with van der Waals surface area (Å²) in [4.78, 5) is 22.1. The molecular formula is C9H13NO3S. The van der Waals surface area contributed by atoms with E-state index in [9.17, 15) is 9.59 Å². The molecule has 0 aliphatic heterocycles. The van der Waals surface area contributed by atoms with Crippen LogP contribution in [0.2, 0.25) is 0 Å². The summed E-state index contributed by atoms with van der Waals surface area (Å²) >= 11 is 0.799. The van der Waals surface area contributed by atoms with Gasteiger partial charge in [-0.2, -0.15) is 0 Å². The van der Waals surface area contributed by atoms with Crippen molar-refractivity contribution in [1.29, 1.82) is 0 Å². The van der Waals surface area contributed by atoms with Crippen LogP contribution in [-0.4, -0.2) is 15.6 Å². The topological polar surface area (TPSA) is 59.3 Å². The van der Waals surface area contributed by atoms with Crippen LogP contribution in [0.15, 0.2) is 4.79 Å². The lowest BCUT2D eigenvalue weighted by atomic mass is 10.2. The minimum Gasteiger partial charge on any atom is -0.477 e.